The summed E-state index contributed by atoms with van der Waals surface area (Å²) in [5.41, 5.74) is 1.94. The maximum atomic E-state index is 12.0. The fraction of sp³-hybridized carbons (Fsp3) is 0.533. The molecule has 0 radical (unpaired) electrons. The minimum Gasteiger partial charge on any atom is -0.311 e. The van der Waals surface area contributed by atoms with Crippen LogP contribution >= 0.6 is 10.7 Å². The summed E-state index contributed by atoms with van der Waals surface area (Å²) in [5, 5.41) is -0.814. The van der Waals surface area contributed by atoms with E-state index in [9.17, 15) is 13.2 Å². The highest BCUT2D eigenvalue weighted by molar-refractivity contribution is 8.14. The van der Waals surface area contributed by atoms with Crippen LogP contribution < -0.4 is 4.90 Å². The van der Waals surface area contributed by atoms with Gasteiger partial charge in [-0.25, -0.2) is 8.42 Å². The first-order valence-corrected chi connectivity index (χ1v) is 9.86. The van der Waals surface area contributed by atoms with Gasteiger partial charge in [0.25, 0.3) is 0 Å². The van der Waals surface area contributed by atoms with Crippen molar-refractivity contribution in [2.75, 3.05) is 24.5 Å². The van der Waals surface area contributed by atoms with Gasteiger partial charge < -0.3 is 4.90 Å². The molecule has 2 fully saturated rings. The number of rotatable bonds is 4. The smallest absolute Gasteiger partial charge is 0.237 e. The van der Waals surface area contributed by atoms with Gasteiger partial charge in [0.2, 0.25) is 15.0 Å². The summed E-state index contributed by atoms with van der Waals surface area (Å²) >= 11 is 0. The van der Waals surface area contributed by atoms with Gasteiger partial charge in [0.05, 0.1) is 0 Å². The van der Waals surface area contributed by atoms with E-state index in [1.807, 2.05) is 24.3 Å². The van der Waals surface area contributed by atoms with Gasteiger partial charge in [0.15, 0.2) is 0 Å². The van der Waals surface area contributed by atoms with E-state index in [1.165, 1.54) is 23.3 Å². The molecule has 2 aliphatic rings. The Morgan fingerprint density at radius 3 is 2.32 bits per heavy atom. The zero-order valence-electron chi connectivity index (χ0n) is 12.2. The van der Waals surface area contributed by atoms with Crippen LogP contribution in [0.3, 0.4) is 0 Å². The lowest BCUT2D eigenvalue weighted by Gasteiger charge is -2.18. The topological polar surface area (TPSA) is 57.7 Å². The SMILES string of the molecule is O=C1CC(S(=O)(=O)Cl)CN1c1ccc(CN2CCCC2)cc1. The molecule has 5 nitrogen and oxygen atoms in total. The van der Waals surface area contributed by atoms with Crippen molar-refractivity contribution in [2.45, 2.75) is 31.1 Å². The van der Waals surface area contributed by atoms with E-state index >= 15 is 0 Å². The number of amides is 1. The minimum absolute atomic E-state index is 0.0403. The van der Waals surface area contributed by atoms with Gasteiger partial charge in [-0.2, -0.15) is 0 Å². The third kappa shape index (κ3) is 3.45. The molecule has 0 aliphatic carbocycles. The van der Waals surface area contributed by atoms with Crippen LogP contribution in [-0.4, -0.2) is 44.1 Å². The lowest BCUT2D eigenvalue weighted by atomic mass is 10.2. The van der Waals surface area contributed by atoms with E-state index < -0.39 is 14.3 Å². The predicted molar refractivity (Wildman–Crippen MR) is 86.5 cm³/mol. The van der Waals surface area contributed by atoms with Crippen molar-refractivity contribution in [3.8, 4) is 0 Å². The van der Waals surface area contributed by atoms with Crippen LogP contribution in [0, 0.1) is 0 Å². The van der Waals surface area contributed by atoms with Gasteiger partial charge in [-0.15, -0.1) is 0 Å². The number of hydrogen-bond donors (Lipinski definition) is 0. The first kappa shape index (κ1) is 15.8. The number of anilines is 1. The van der Waals surface area contributed by atoms with Crippen LogP contribution in [0.15, 0.2) is 24.3 Å². The number of carbonyl (C=O) groups is 1. The van der Waals surface area contributed by atoms with Gasteiger partial charge in [0.1, 0.15) is 5.25 Å². The molecule has 2 saturated heterocycles. The molecule has 0 bridgehead atoms. The van der Waals surface area contributed by atoms with E-state index in [-0.39, 0.29) is 18.9 Å². The number of likely N-dealkylation sites (tertiary alicyclic amines) is 1. The molecule has 120 valence electrons. The Kier molecular flexibility index (Phi) is 4.43. The molecule has 2 aliphatic heterocycles. The summed E-state index contributed by atoms with van der Waals surface area (Å²) < 4.78 is 22.8. The standard InChI is InChI=1S/C15H19ClN2O3S/c16-22(20,21)14-9-15(19)18(11-14)13-5-3-12(4-6-13)10-17-7-1-2-8-17/h3-6,14H,1-2,7-11H2. The molecule has 0 N–H and O–H groups in total. The highest BCUT2D eigenvalue weighted by Crippen LogP contribution is 2.27. The molecule has 1 aromatic carbocycles. The molecule has 7 heteroatoms. The molecule has 1 amide bonds. The predicted octanol–water partition coefficient (Wildman–Crippen LogP) is 1.96. The van der Waals surface area contributed by atoms with Crippen molar-refractivity contribution < 1.29 is 13.2 Å². The van der Waals surface area contributed by atoms with Crippen molar-refractivity contribution in [3.63, 3.8) is 0 Å². The van der Waals surface area contributed by atoms with Crippen molar-refractivity contribution in [1.82, 2.24) is 4.90 Å². The van der Waals surface area contributed by atoms with E-state index in [0.29, 0.717) is 0 Å². The molecule has 0 spiro atoms. The number of halogens is 1. The second-order valence-corrected chi connectivity index (χ2v) is 8.86. The Hall–Kier alpha value is -1.11. The van der Waals surface area contributed by atoms with Crippen LogP contribution in [0.1, 0.15) is 24.8 Å². The van der Waals surface area contributed by atoms with Gasteiger partial charge in [-0.1, -0.05) is 12.1 Å². The van der Waals surface area contributed by atoms with Crippen LogP contribution in [0.5, 0.6) is 0 Å². The molecule has 0 saturated carbocycles. The number of benzene rings is 1. The quantitative estimate of drug-likeness (QED) is 0.785. The number of carbonyl (C=O) groups excluding carboxylic acids is 1. The highest BCUT2D eigenvalue weighted by Gasteiger charge is 2.37. The summed E-state index contributed by atoms with van der Waals surface area (Å²) in [6.45, 7) is 3.34. The zero-order valence-corrected chi connectivity index (χ0v) is 13.8. The second-order valence-electron chi connectivity index (χ2n) is 5.96. The maximum absolute atomic E-state index is 12.0. The van der Waals surface area contributed by atoms with Gasteiger partial charge in [-0.05, 0) is 43.6 Å². The Balaban J connectivity index is 1.69. The van der Waals surface area contributed by atoms with Crippen molar-refractivity contribution in [1.29, 1.82) is 0 Å². The summed E-state index contributed by atoms with van der Waals surface area (Å²) in [7, 11) is 1.67. The molecule has 1 aromatic rings. The molecule has 3 rings (SSSR count). The number of nitrogens with zero attached hydrogens (tertiary/aromatic N) is 2. The van der Waals surface area contributed by atoms with E-state index in [1.54, 1.807) is 0 Å². The fourth-order valence-corrected chi connectivity index (χ4v) is 4.12. The first-order chi connectivity index (χ1) is 10.4. The summed E-state index contributed by atoms with van der Waals surface area (Å²) in [4.78, 5) is 15.9. The summed E-state index contributed by atoms with van der Waals surface area (Å²) in [6.07, 6.45) is 2.48. The molecule has 2 heterocycles. The lowest BCUT2D eigenvalue weighted by molar-refractivity contribution is -0.117. The largest absolute Gasteiger partial charge is 0.311 e. The van der Waals surface area contributed by atoms with Crippen molar-refractivity contribution >= 4 is 31.3 Å². The molecular formula is C15H19ClN2O3S. The Morgan fingerprint density at radius 1 is 1.14 bits per heavy atom. The molecule has 22 heavy (non-hydrogen) atoms. The van der Waals surface area contributed by atoms with Gasteiger partial charge in [-0.3, -0.25) is 9.69 Å². The second kappa shape index (κ2) is 6.18. The van der Waals surface area contributed by atoms with Gasteiger partial charge in [0, 0.05) is 35.9 Å². The minimum atomic E-state index is -3.70. The van der Waals surface area contributed by atoms with E-state index in [0.717, 1.165) is 25.3 Å². The molecule has 0 aromatic heterocycles. The van der Waals surface area contributed by atoms with E-state index in [4.69, 9.17) is 10.7 Å². The molecule has 1 unspecified atom stereocenters. The summed E-state index contributed by atoms with van der Waals surface area (Å²) in [6, 6.07) is 7.77. The Bertz CT molecular complexity index is 654. The van der Waals surface area contributed by atoms with Gasteiger partial charge >= 0.3 is 0 Å². The zero-order chi connectivity index (χ0) is 15.7. The van der Waals surface area contributed by atoms with Crippen LogP contribution in [0.4, 0.5) is 5.69 Å². The monoisotopic (exact) mass is 342 g/mol. The van der Waals surface area contributed by atoms with Crippen LogP contribution in [-0.2, 0) is 20.4 Å². The number of hydrogen-bond acceptors (Lipinski definition) is 4. The normalized spacial score (nSPS) is 23.4. The third-order valence-corrected chi connectivity index (χ3v) is 6.21. The Labute approximate surface area is 135 Å². The summed E-state index contributed by atoms with van der Waals surface area (Å²) in [5.74, 6) is -0.193. The van der Waals surface area contributed by atoms with Crippen LogP contribution in [0.25, 0.3) is 0 Å². The Morgan fingerprint density at radius 2 is 1.77 bits per heavy atom. The lowest BCUT2D eigenvalue weighted by Crippen LogP contribution is -2.26. The van der Waals surface area contributed by atoms with Crippen molar-refractivity contribution in [3.05, 3.63) is 29.8 Å². The first-order valence-electron chi connectivity index (χ1n) is 7.48. The van der Waals surface area contributed by atoms with E-state index in [2.05, 4.69) is 4.90 Å². The fourth-order valence-electron chi connectivity index (χ4n) is 3.09. The van der Waals surface area contributed by atoms with Crippen LogP contribution in [0.2, 0.25) is 0 Å². The third-order valence-electron chi connectivity index (χ3n) is 4.34. The average Bonchev–Trinajstić information content (AvgIpc) is 3.09. The highest BCUT2D eigenvalue weighted by atomic mass is 35.7. The maximum Gasteiger partial charge on any atom is 0.237 e. The average molecular weight is 343 g/mol. The van der Waals surface area contributed by atoms with Crippen molar-refractivity contribution in [2.24, 2.45) is 0 Å². The molecular weight excluding hydrogens is 324 g/mol. The molecule has 1 atom stereocenters.